The van der Waals surface area contributed by atoms with E-state index in [1.807, 2.05) is 6.07 Å². The van der Waals surface area contributed by atoms with Gasteiger partial charge in [-0.15, -0.1) is 0 Å². The van der Waals surface area contributed by atoms with Crippen LogP contribution in [0.1, 0.15) is 31.7 Å². The number of rotatable bonds is 5. The maximum atomic E-state index is 12.2. The van der Waals surface area contributed by atoms with Crippen molar-refractivity contribution in [2.24, 2.45) is 0 Å². The van der Waals surface area contributed by atoms with E-state index in [0.29, 0.717) is 12.1 Å². The van der Waals surface area contributed by atoms with Crippen molar-refractivity contribution in [1.82, 2.24) is 4.90 Å². The Kier molecular flexibility index (Phi) is 4.00. The molecule has 0 aromatic heterocycles. The summed E-state index contributed by atoms with van der Waals surface area (Å²) < 4.78 is 0. The van der Waals surface area contributed by atoms with Crippen LogP contribution < -0.4 is 0 Å². The first-order valence-corrected chi connectivity index (χ1v) is 6.51. The number of benzene rings is 1. The van der Waals surface area contributed by atoms with Gasteiger partial charge in [0.15, 0.2) is 5.76 Å². The molecule has 1 aromatic carbocycles. The van der Waals surface area contributed by atoms with Crippen molar-refractivity contribution >= 4 is 17.4 Å². The van der Waals surface area contributed by atoms with Gasteiger partial charge in [-0.25, -0.2) is 0 Å². The fourth-order valence-corrected chi connectivity index (χ4v) is 2.15. The van der Waals surface area contributed by atoms with E-state index in [9.17, 15) is 14.7 Å². The van der Waals surface area contributed by atoms with Crippen LogP contribution in [-0.4, -0.2) is 28.4 Å². The van der Waals surface area contributed by atoms with E-state index in [-0.39, 0.29) is 5.57 Å². The van der Waals surface area contributed by atoms with E-state index >= 15 is 0 Å². The lowest BCUT2D eigenvalue weighted by Gasteiger charge is -2.13. The number of carbonyl (C=O) groups is 2. The van der Waals surface area contributed by atoms with Gasteiger partial charge < -0.3 is 5.11 Å². The molecule has 100 valence electrons. The molecule has 0 radical (unpaired) electrons. The normalized spacial score (nSPS) is 15.5. The van der Waals surface area contributed by atoms with Gasteiger partial charge in [-0.2, -0.15) is 0 Å². The van der Waals surface area contributed by atoms with Crippen molar-refractivity contribution < 1.29 is 14.7 Å². The molecule has 1 aromatic rings. The van der Waals surface area contributed by atoms with Crippen LogP contribution in [0.4, 0.5) is 0 Å². The Morgan fingerprint density at radius 2 is 1.74 bits per heavy atom. The zero-order valence-electron chi connectivity index (χ0n) is 10.9. The van der Waals surface area contributed by atoms with E-state index in [4.69, 9.17) is 0 Å². The lowest BCUT2D eigenvalue weighted by atomic mass is 10.1. The molecule has 0 bridgehead atoms. The lowest BCUT2D eigenvalue weighted by Crippen LogP contribution is -2.32. The van der Waals surface area contributed by atoms with Gasteiger partial charge in [0.05, 0.1) is 5.57 Å². The minimum atomic E-state index is -0.583. The maximum absolute atomic E-state index is 12.2. The van der Waals surface area contributed by atoms with E-state index in [1.165, 1.54) is 0 Å². The van der Waals surface area contributed by atoms with Gasteiger partial charge in [0, 0.05) is 6.54 Å². The Hall–Kier alpha value is -2.10. The Bertz CT molecular complexity index is 519. The second kappa shape index (κ2) is 5.69. The Labute approximate surface area is 112 Å². The molecule has 2 rings (SSSR count). The summed E-state index contributed by atoms with van der Waals surface area (Å²) in [4.78, 5) is 25.2. The molecule has 0 fully saturated rings. The van der Waals surface area contributed by atoms with Crippen molar-refractivity contribution in [3.05, 3.63) is 41.7 Å². The zero-order chi connectivity index (χ0) is 13.8. The third-order valence-electron chi connectivity index (χ3n) is 3.19. The molecule has 0 unspecified atom stereocenters. The zero-order valence-corrected chi connectivity index (χ0v) is 10.9. The van der Waals surface area contributed by atoms with Gasteiger partial charge in [-0.3, -0.25) is 14.5 Å². The van der Waals surface area contributed by atoms with Crippen molar-refractivity contribution in [3.63, 3.8) is 0 Å². The Morgan fingerprint density at radius 3 is 2.37 bits per heavy atom. The summed E-state index contributed by atoms with van der Waals surface area (Å²) in [5, 5.41) is 9.88. The first-order valence-electron chi connectivity index (χ1n) is 6.51. The summed E-state index contributed by atoms with van der Waals surface area (Å²) in [6, 6.07) is 8.79. The first-order chi connectivity index (χ1) is 9.16. The number of nitrogens with zero attached hydrogens (tertiary/aromatic N) is 1. The van der Waals surface area contributed by atoms with Crippen molar-refractivity contribution in [3.8, 4) is 0 Å². The smallest absolute Gasteiger partial charge is 0.296 e. The van der Waals surface area contributed by atoms with Gasteiger partial charge in [0.2, 0.25) is 0 Å². The predicted octanol–water partition coefficient (Wildman–Crippen LogP) is 2.51. The van der Waals surface area contributed by atoms with Gasteiger partial charge in [-0.05, 0) is 12.0 Å². The van der Waals surface area contributed by atoms with Crippen LogP contribution in [0.5, 0.6) is 0 Å². The SMILES string of the molecule is CCCCCN1C(=O)C(O)=C(c2ccccc2)C1=O. The minimum absolute atomic E-state index is 0.113. The summed E-state index contributed by atoms with van der Waals surface area (Å²) in [5.41, 5.74) is 0.693. The van der Waals surface area contributed by atoms with Crippen molar-refractivity contribution in [2.45, 2.75) is 26.2 Å². The molecular weight excluding hydrogens is 242 g/mol. The molecule has 19 heavy (non-hydrogen) atoms. The highest BCUT2D eigenvalue weighted by Gasteiger charge is 2.38. The fraction of sp³-hybridized carbons (Fsp3) is 0.333. The molecule has 4 nitrogen and oxygen atoms in total. The monoisotopic (exact) mass is 259 g/mol. The molecule has 1 N–H and O–H groups in total. The van der Waals surface area contributed by atoms with Crippen LogP contribution >= 0.6 is 0 Å². The van der Waals surface area contributed by atoms with Gasteiger partial charge in [0.1, 0.15) is 0 Å². The lowest BCUT2D eigenvalue weighted by molar-refractivity contribution is -0.138. The molecule has 4 heteroatoms. The van der Waals surface area contributed by atoms with Crippen molar-refractivity contribution in [1.29, 1.82) is 0 Å². The number of imide groups is 1. The number of unbranched alkanes of at least 4 members (excludes halogenated alkanes) is 2. The second-order valence-corrected chi connectivity index (χ2v) is 4.56. The van der Waals surface area contributed by atoms with Crippen LogP contribution in [0.25, 0.3) is 5.57 Å². The average molecular weight is 259 g/mol. The Balaban J connectivity index is 2.22. The highest BCUT2D eigenvalue weighted by atomic mass is 16.3. The summed E-state index contributed by atoms with van der Waals surface area (Å²) in [6.07, 6.45) is 2.74. The van der Waals surface area contributed by atoms with Crippen LogP contribution in [0.3, 0.4) is 0 Å². The topological polar surface area (TPSA) is 57.6 Å². The number of carbonyl (C=O) groups excluding carboxylic acids is 2. The van der Waals surface area contributed by atoms with Gasteiger partial charge in [0.25, 0.3) is 11.8 Å². The molecule has 1 aliphatic heterocycles. The summed E-state index contributed by atoms with van der Waals surface area (Å²) >= 11 is 0. The summed E-state index contributed by atoms with van der Waals surface area (Å²) in [6.45, 7) is 2.42. The quantitative estimate of drug-likeness (QED) is 0.653. The van der Waals surface area contributed by atoms with E-state index < -0.39 is 17.6 Å². The molecule has 0 spiro atoms. The fourth-order valence-electron chi connectivity index (χ4n) is 2.15. The molecule has 2 amide bonds. The highest BCUT2D eigenvalue weighted by molar-refractivity contribution is 6.34. The van der Waals surface area contributed by atoms with Crippen LogP contribution in [0.15, 0.2) is 36.1 Å². The second-order valence-electron chi connectivity index (χ2n) is 4.56. The van der Waals surface area contributed by atoms with E-state index in [2.05, 4.69) is 6.92 Å². The largest absolute Gasteiger partial charge is 0.502 e. The molecule has 1 aliphatic rings. The third-order valence-corrected chi connectivity index (χ3v) is 3.19. The predicted molar refractivity (Wildman–Crippen MR) is 72.2 cm³/mol. The number of aliphatic hydroxyl groups excluding tert-OH is 1. The molecule has 0 saturated carbocycles. The average Bonchev–Trinajstić information content (AvgIpc) is 2.64. The van der Waals surface area contributed by atoms with Crippen LogP contribution in [0.2, 0.25) is 0 Å². The third kappa shape index (κ3) is 2.52. The molecule has 0 atom stereocenters. The van der Waals surface area contributed by atoms with E-state index in [1.54, 1.807) is 24.3 Å². The van der Waals surface area contributed by atoms with Gasteiger partial charge >= 0.3 is 0 Å². The van der Waals surface area contributed by atoms with Crippen molar-refractivity contribution in [2.75, 3.05) is 6.54 Å². The van der Waals surface area contributed by atoms with Gasteiger partial charge in [-0.1, -0.05) is 50.1 Å². The van der Waals surface area contributed by atoms with Crippen LogP contribution in [0, 0.1) is 0 Å². The van der Waals surface area contributed by atoms with Crippen LogP contribution in [-0.2, 0) is 9.59 Å². The number of hydrogen-bond donors (Lipinski definition) is 1. The molecule has 1 heterocycles. The van der Waals surface area contributed by atoms with E-state index in [0.717, 1.165) is 24.2 Å². The molecule has 0 aliphatic carbocycles. The Morgan fingerprint density at radius 1 is 1.05 bits per heavy atom. The number of aliphatic hydroxyl groups is 1. The minimum Gasteiger partial charge on any atom is -0.502 e. The highest BCUT2D eigenvalue weighted by Crippen LogP contribution is 2.27. The molecule has 0 saturated heterocycles. The maximum Gasteiger partial charge on any atom is 0.296 e. The number of amides is 2. The standard InChI is InChI=1S/C15H17NO3/c1-2-3-7-10-16-14(18)12(13(17)15(16)19)11-8-5-4-6-9-11/h4-6,8-9,17H,2-3,7,10H2,1H3. The summed E-state index contributed by atoms with van der Waals surface area (Å²) in [5.74, 6) is -1.42. The first kappa shape index (κ1) is 13.3. The molecular formula is C15H17NO3. The summed E-state index contributed by atoms with van der Waals surface area (Å²) in [7, 11) is 0. The number of hydrogen-bond acceptors (Lipinski definition) is 3.